The third-order valence-electron chi connectivity index (χ3n) is 9.32. The number of likely N-dealkylation sites (tertiary alicyclic amines) is 2. The van der Waals surface area contributed by atoms with E-state index in [4.69, 9.17) is 10.5 Å². The molecule has 2 saturated heterocycles. The first-order valence-corrected chi connectivity index (χ1v) is 14.3. The Morgan fingerprint density at radius 2 is 1.73 bits per heavy atom. The number of ether oxygens (including phenoxy) is 1. The van der Waals surface area contributed by atoms with Crippen LogP contribution >= 0.6 is 0 Å². The summed E-state index contributed by atoms with van der Waals surface area (Å²) in [5.41, 5.74) is 1.91. The Bertz CT molecular complexity index is 1180. The van der Waals surface area contributed by atoms with Gasteiger partial charge < -0.3 is 25.4 Å². The van der Waals surface area contributed by atoms with Crippen LogP contribution in [0.25, 0.3) is 0 Å². The Labute approximate surface area is 237 Å². The molecule has 4 atom stereocenters. The molecule has 0 bridgehead atoms. The summed E-state index contributed by atoms with van der Waals surface area (Å²) in [6.45, 7) is 1.77. The standard InChI is InChI=1S/C30H37F4N3O4/c31-29(27(40)37-17-11-24(38)25(37)26(35)39)14-2-1-4-23(29)21-5-7-22(8-6-21)41-18-20-9-15-36(16-10-20)19-28(12-3-13-28)30(32,33)34/h1-2,4-8,14,20,23-25,38H,3,9-13,15-19H2,(H2,35,39)/t23?,24-,25-,29?/m0/s1. The number of nitrogens with zero attached hydrogens (tertiary/aromatic N) is 2. The van der Waals surface area contributed by atoms with Crippen molar-refractivity contribution < 1.29 is 37.0 Å². The predicted molar refractivity (Wildman–Crippen MR) is 144 cm³/mol. The number of carbonyl (C=O) groups excluding carboxylic acids is 2. The molecule has 7 nitrogen and oxygen atoms in total. The number of rotatable bonds is 8. The van der Waals surface area contributed by atoms with Crippen LogP contribution in [0.1, 0.15) is 50.0 Å². The van der Waals surface area contributed by atoms with Gasteiger partial charge in [0, 0.05) is 19.0 Å². The quantitative estimate of drug-likeness (QED) is 0.456. The molecule has 0 aromatic heterocycles. The SMILES string of the molecule is NC(=O)[C@@H]1[C@@H](O)CCN1C(=O)C1(F)C=CC=CC1c1ccc(OCC2CCN(CC3(C(F)(F)F)CCC3)CC2)cc1. The van der Waals surface area contributed by atoms with Crippen LogP contribution in [0.4, 0.5) is 17.6 Å². The number of nitrogens with two attached hydrogens (primary N) is 1. The molecule has 3 N–H and O–H groups in total. The van der Waals surface area contributed by atoms with Crippen molar-refractivity contribution in [1.82, 2.24) is 9.80 Å². The zero-order valence-corrected chi connectivity index (χ0v) is 22.9. The van der Waals surface area contributed by atoms with Gasteiger partial charge in [0.25, 0.3) is 5.91 Å². The Kier molecular flexibility index (Phi) is 8.22. The van der Waals surface area contributed by atoms with Gasteiger partial charge in [-0.05, 0) is 74.9 Å². The number of carbonyl (C=O) groups is 2. The van der Waals surface area contributed by atoms with Crippen LogP contribution in [0.5, 0.6) is 5.75 Å². The van der Waals surface area contributed by atoms with Crippen LogP contribution in [0.2, 0.25) is 0 Å². The number of alkyl halides is 4. The minimum atomic E-state index is -4.15. The second kappa shape index (κ2) is 11.4. The van der Waals surface area contributed by atoms with Crippen molar-refractivity contribution in [3.63, 3.8) is 0 Å². The summed E-state index contributed by atoms with van der Waals surface area (Å²) in [5, 5.41) is 10.1. The topological polar surface area (TPSA) is 96.1 Å². The zero-order chi connectivity index (χ0) is 29.4. The molecular formula is C30H37F4N3O4. The van der Waals surface area contributed by atoms with Crippen molar-refractivity contribution in [1.29, 1.82) is 0 Å². The van der Waals surface area contributed by atoms with Crippen molar-refractivity contribution >= 4 is 11.8 Å². The molecule has 0 spiro atoms. The van der Waals surface area contributed by atoms with Gasteiger partial charge in [0.1, 0.15) is 11.8 Å². The molecular weight excluding hydrogens is 542 g/mol. The van der Waals surface area contributed by atoms with Crippen molar-refractivity contribution in [2.45, 2.75) is 68.4 Å². The van der Waals surface area contributed by atoms with Crippen LogP contribution in [0, 0.1) is 11.3 Å². The van der Waals surface area contributed by atoms with Crippen LogP contribution in [0.3, 0.4) is 0 Å². The largest absolute Gasteiger partial charge is 0.493 e. The predicted octanol–water partition coefficient (Wildman–Crippen LogP) is 3.88. The van der Waals surface area contributed by atoms with E-state index in [-0.39, 0.29) is 38.3 Å². The fraction of sp³-hybridized carbons (Fsp3) is 0.600. The van der Waals surface area contributed by atoms with Crippen LogP contribution in [0.15, 0.2) is 48.6 Å². The maximum absolute atomic E-state index is 16.4. The van der Waals surface area contributed by atoms with E-state index in [1.54, 1.807) is 36.4 Å². The average Bonchev–Trinajstić information content (AvgIpc) is 3.31. The number of halogens is 4. The van der Waals surface area contributed by atoms with Crippen molar-refractivity contribution in [3.05, 3.63) is 54.1 Å². The first-order valence-electron chi connectivity index (χ1n) is 14.3. The van der Waals surface area contributed by atoms with E-state index in [9.17, 15) is 27.9 Å². The number of benzene rings is 1. The number of primary amides is 1. The summed E-state index contributed by atoms with van der Waals surface area (Å²) in [7, 11) is 0. The van der Waals surface area contributed by atoms with Gasteiger partial charge in [-0.15, -0.1) is 0 Å². The highest BCUT2D eigenvalue weighted by Gasteiger charge is 2.58. The normalized spacial score (nSPS) is 30.3. The lowest BCUT2D eigenvalue weighted by Crippen LogP contribution is -2.55. The molecule has 4 aliphatic rings. The lowest BCUT2D eigenvalue weighted by atomic mass is 9.67. The number of piperidine rings is 1. The summed E-state index contributed by atoms with van der Waals surface area (Å²) in [6, 6.07) is 5.51. The first kappa shape index (κ1) is 29.6. The van der Waals surface area contributed by atoms with Crippen LogP contribution in [-0.4, -0.2) is 83.5 Å². The van der Waals surface area contributed by atoms with Crippen LogP contribution < -0.4 is 10.5 Å². The van der Waals surface area contributed by atoms with E-state index in [0.717, 1.165) is 17.7 Å². The van der Waals surface area contributed by atoms with Gasteiger partial charge in [0.15, 0.2) is 0 Å². The van der Waals surface area contributed by atoms with E-state index in [0.29, 0.717) is 37.4 Å². The molecule has 2 amide bonds. The van der Waals surface area contributed by atoms with Crippen LogP contribution in [-0.2, 0) is 9.59 Å². The minimum Gasteiger partial charge on any atom is -0.493 e. The molecule has 1 aromatic rings. The highest BCUT2D eigenvalue weighted by Crippen LogP contribution is 2.53. The van der Waals surface area contributed by atoms with Gasteiger partial charge in [0.05, 0.1) is 18.1 Å². The molecule has 5 rings (SSSR count). The Morgan fingerprint density at radius 1 is 1.05 bits per heavy atom. The molecule has 3 fully saturated rings. The van der Waals surface area contributed by atoms with Gasteiger partial charge in [-0.3, -0.25) is 9.59 Å². The smallest absolute Gasteiger partial charge is 0.395 e. The van der Waals surface area contributed by atoms with E-state index < -0.39 is 47.1 Å². The second-order valence-electron chi connectivity index (χ2n) is 11.9. The number of hydrogen-bond acceptors (Lipinski definition) is 5. The van der Waals surface area contributed by atoms with Crippen molar-refractivity contribution in [3.8, 4) is 5.75 Å². The zero-order valence-electron chi connectivity index (χ0n) is 22.9. The number of aliphatic hydroxyl groups is 1. The second-order valence-corrected chi connectivity index (χ2v) is 11.9. The molecule has 11 heteroatoms. The maximum Gasteiger partial charge on any atom is 0.395 e. The molecule has 2 heterocycles. The Balaban J connectivity index is 1.16. The number of amides is 2. The van der Waals surface area contributed by atoms with E-state index in [2.05, 4.69) is 0 Å². The molecule has 0 radical (unpaired) electrons. The van der Waals surface area contributed by atoms with E-state index >= 15 is 4.39 Å². The van der Waals surface area contributed by atoms with Gasteiger partial charge in [0.2, 0.25) is 11.6 Å². The summed E-state index contributed by atoms with van der Waals surface area (Å²) in [4.78, 5) is 28.2. The molecule has 41 heavy (non-hydrogen) atoms. The fourth-order valence-electron chi connectivity index (χ4n) is 6.60. The summed E-state index contributed by atoms with van der Waals surface area (Å²) in [5.74, 6) is -1.96. The third kappa shape index (κ3) is 5.75. The van der Waals surface area contributed by atoms with Gasteiger partial charge >= 0.3 is 6.18 Å². The lowest BCUT2D eigenvalue weighted by Gasteiger charge is -2.47. The first-order chi connectivity index (χ1) is 19.4. The number of hydrogen-bond donors (Lipinski definition) is 2. The number of allylic oxidation sites excluding steroid dienone is 3. The number of aliphatic hydroxyl groups excluding tert-OH is 1. The molecule has 2 unspecified atom stereocenters. The van der Waals surface area contributed by atoms with E-state index in [1.165, 1.54) is 12.2 Å². The lowest BCUT2D eigenvalue weighted by molar-refractivity contribution is -0.256. The van der Waals surface area contributed by atoms with Gasteiger partial charge in [-0.2, -0.15) is 13.2 Å². The molecule has 2 aliphatic carbocycles. The Morgan fingerprint density at radius 3 is 2.32 bits per heavy atom. The van der Waals surface area contributed by atoms with Crippen molar-refractivity contribution in [2.24, 2.45) is 17.1 Å². The maximum atomic E-state index is 16.4. The molecule has 2 aliphatic heterocycles. The summed E-state index contributed by atoms with van der Waals surface area (Å²) < 4.78 is 63.0. The van der Waals surface area contributed by atoms with E-state index in [1.807, 2.05) is 4.90 Å². The van der Waals surface area contributed by atoms with Crippen molar-refractivity contribution in [2.75, 3.05) is 32.8 Å². The molecule has 1 aromatic carbocycles. The third-order valence-corrected chi connectivity index (χ3v) is 9.32. The van der Waals surface area contributed by atoms with Gasteiger partial charge in [-0.1, -0.05) is 36.8 Å². The summed E-state index contributed by atoms with van der Waals surface area (Å²) in [6.07, 6.45) is 3.28. The highest BCUT2D eigenvalue weighted by molar-refractivity contribution is 5.94. The minimum absolute atomic E-state index is 0.0262. The van der Waals surface area contributed by atoms with Gasteiger partial charge in [-0.25, -0.2) is 4.39 Å². The Hall–Kier alpha value is -2.92. The molecule has 1 saturated carbocycles. The monoisotopic (exact) mass is 579 g/mol. The highest BCUT2D eigenvalue weighted by atomic mass is 19.4. The summed E-state index contributed by atoms with van der Waals surface area (Å²) >= 11 is 0. The molecule has 224 valence electrons. The fourth-order valence-corrected chi connectivity index (χ4v) is 6.60. The average molecular weight is 580 g/mol.